The van der Waals surface area contributed by atoms with Gasteiger partial charge in [0.15, 0.2) is 0 Å². The third-order valence-electron chi connectivity index (χ3n) is 3.02. The van der Waals surface area contributed by atoms with Gasteiger partial charge in [0.25, 0.3) is 5.91 Å². The fourth-order valence-electron chi connectivity index (χ4n) is 2.04. The molecule has 0 saturated carbocycles. The molecule has 0 atom stereocenters. The van der Waals surface area contributed by atoms with Crippen LogP contribution in [0.1, 0.15) is 26.3 Å². The second-order valence-corrected chi connectivity index (χ2v) is 6.98. The number of benzene rings is 1. The average Bonchev–Trinajstić information content (AvgIpc) is 2.76. The zero-order chi connectivity index (χ0) is 17.7. The fourth-order valence-corrected chi connectivity index (χ4v) is 3.30. The summed E-state index contributed by atoms with van der Waals surface area (Å²) in [5, 5.41) is 0. The van der Waals surface area contributed by atoms with E-state index in [4.69, 9.17) is 21.7 Å². The van der Waals surface area contributed by atoms with Crippen molar-refractivity contribution in [1.82, 2.24) is 4.90 Å². The molecule has 0 spiro atoms. The van der Waals surface area contributed by atoms with Crippen molar-refractivity contribution in [3.63, 3.8) is 0 Å². The van der Waals surface area contributed by atoms with Crippen LogP contribution in [0, 0.1) is 0 Å². The molecule has 2 rings (SSSR count). The third kappa shape index (κ3) is 4.82. The predicted octanol–water partition coefficient (Wildman–Crippen LogP) is 3.24. The minimum Gasteiger partial charge on any atom is -0.494 e. The first-order valence-electron chi connectivity index (χ1n) is 7.58. The summed E-state index contributed by atoms with van der Waals surface area (Å²) in [5.41, 5.74) is 0.865. The van der Waals surface area contributed by atoms with Crippen LogP contribution in [0.4, 0.5) is 0 Å². The molecule has 1 aliphatic heterocycles. The van der Waals surface area contributed by atoms with Crippen LogP contribution in [0.25, 0.3) is 6.08 Å². The van der Waals surface area contributed by atoms with Gasteiger partial charge in [0.05, 0.1) is 17.6 Å². The Bertz CT molecular complexity index is 668. The largest absolute Gasteiger partial charge is 0.494 e. The smallest absolute Gasteiger partial charge is 0.326 e. The molecule has 1 fully saturated rings. The van der Waals surface area contributed by atoms with E-state index in [1.54, 1.807) is 19.9 Å². The first-order valence-corrected chi connectivity index (χ1v) is 8.81. The Morgan fingerprint density at radius 2 is 2.00 bits per heavy atom. The Kier molecular flexibility index (Phi) is 6.39. The molecule has 1 aliphatic rings. The highest BCUT2D eigenvalue weighted by molar-refractivity contribution is 8.26. The SMILES string of the molecule is CCOc1ccc(C=C2SC(=S)N(CC(=O)OC(C)C)C2=O)cc1. The zero-order valence-corrected chi connectivity index (χ0v) is 15.4. The molecule has 24 heavy (non-hydrogen) atoms. The lowest BCUT2D eigenvalue weighted by molar-refractivity contribution is -0.149. The van der Waals surface area contributed by atoms with E-state index < -0.39 is 5.97 Å². The van der Waals surface area contributed by atoms with Gasteiger partial charge in [-0.05, 0) is 44.5 Å². The van der Waals surface area contributed by atoms with Crippen molar-refractivity contribution < 1.29 is 19.1 Å². The molecule has 1 amide bonds. The summed E-state index contributed by atoms with van der Waals surface area (Å²) in [7, 11) is 0. The molecule has 1 heterocycles. The van der Waals surface area contributed by atoms with Crippen LogP contribution in [0.3, 0.4) is 0 Å². The Balaban J connectivity index is 2.08. The monoisotopic (exact) mass is 365 g/mol. The molecule has 5 nitrogen and oxygen atoms in total. The second-order valence-electron chi connectivity index (χ2n) is 5.31. The van der Waals surface area contributed by atoms with E-state index in [0.717, 1.165) is 11.3 Å². The molecule has 0 unspecified atom stereocenters. The first-order chi connectivity index (χ1) is 11.4. The molecular weight excluding hydrogens is 346 g/mol. The van der Waals surface area contributed by atoms with Crippen molar-refractivity contribution in [1.29, 1.82) is 0 Å². The lowest BCUT2D eigenvalue weighted by Gasteiger charge is -2.14. The molecule has 0 aromatic heterocycles. The summed E-state index contributed by atoms with van der Waals surface area (Å²) in [6.07, 6.45) is 1.53. The van der Waals surface area contributed by atoms with Crippen LogP contribution in [0.2, 0.25) is 0 Å². The van der Waals surface area contributed by atoms with Crippen molar-refractivity contribution >= 4 is 46.3 Å². The minimum absolute atomic E-state index is 0.163. The molecule has 0 N–H and O–H groups in total. The molecular formula is C17H19NO4S2. The summed E-state index contributed by atoms with van der Waals surface area (Å²) >= 11 is 6.38. The van der Waals surface area contributed by atoms with Gasteiger partial charge in [0.2, 0.25) is 0 Å². The molecule has 128 valence electrons. The second kappa shape index (κ2) is 8.30. The highest BCUT2D eigenvalue weighted by Gasteiger charge is 2.33. The van der Waals surface area contributed by atoms with Crippen LogP contribution in [0.5, 0.6) is 5.75 Å². The van der Waals surface area contributed by atoms with Crippen LogP contribution in [-0.4, -0.2) is 40.4 Å². The molecule has 1 aromatic rings. The molecule has 1 aromatic carbocycles. The van der Waals surface area contributed by atoms with Gasteiger partial charge in [0, 0.05) is 0 Å². The Morgan fingerprint density at radius 3 is 2.58 bits per heavy atom. The first kappa shape index (κ1) is 18.5. The topological polar surface area (TPSA) is 55.8 Å². The normalized spacial score (nSPS) is 16.2. The molecule has 1 saturated heterocycles. The summed E-state index contributed by atoms with van der Waals surface area (Å²) in [6.45, 7) is 5.87. The highest BCUT2D eigenvalue weighted by atomic mass is 32.2. The Labute approximate surface area is 151 Å². The van der Waals surface area contributed by atoms with Gasteiger partial charge < -0.3 is 9.47 Å². The number of rotatable bonds is 6. The number of esters is 1. The van der Waals surface area contributed by atoms with Gasteiger partial charge in [-0.3, -0.25) is 14.5 Å². The van der Waals surface area contributed by atoms with Crippen molar-refractivity contribution in [3.8, 4) is 5.75 Å². The van der Waals surface area contributed by atoms with Crippen molar-refractivity contribution in [3.05, 3.63) is 34.7 Å². The molecule has 0 aliphatic carbocycles. The van der Waals surface area contributed by atoms with Gasteiger partial charge in [-0.25, -0.2) is 0 Å². The van der Waals surface area contributed by atoms with E-state index in [2.05, 4.69) is 0 Å². The molecule has 7 heteroatoms. The third-order valence-corrected chi connectivity index (χ3v) is 4.39. The predicted molar refractivity (Wildman–Crippen MR) is 98.7 cm³/mol. The minimum atomic E-state index is -0.469. The van der Waals surface area contributed by atoms with Crippen molar-refractivity contribution in [2.24, 2.45) is 0 Å². The highest BCUT2D eigenvalue weighted by Crippen LogP contribution is 2.32. The summed E-state index contributed by atoms with van der Waals surface area (Å²) in [5.74, 6) is 0.0295. The summed E-state index contributed by atoms with van der Waals surface area (Å²) in [4.78, 5) is 25.9. The summed E-state index contributed by atoms with van der Waals surface area (Å²) < 4.78 is 10.8. The van der Waals surface area contributed by atoms with E-state index in [0.29, 0.717) is 15.8 Å². The van der Waals surface area contributed by atoms with Crippen LogP contribution < -0.4 is 4.74 Å². The number of carbonyl (C=O) groups is 2. The standard InChI is InChI=1S/C17H19NO4S2/c1-4-21-13-7-5-12(6-8-13)9-14-16(20)18(17(23)24-14)10-15(19)22-11(2)3/h5-9,11H,4,10H2,1-3H3. The van der Waals surface area contributed by atoms with Crippen LogP contribution in [0.15, 0.2) is 29.2 Å². The zero-order valence-electron chi connectivity index (χ0n) is 13.8. The molecule has 0 radical (unpaired) electrons. The number of ether oxygens (including phenoxy) is 2. The number of nitrogens with zero attached hydrogens (tertiary/aromatic N) is 1. The Morgan fingerprint density at radius 1 is 1.33 bits per heavy atom. The molecule has 0 bridgehead atoms. The lowest BCUT2D eigenvalue weighted by Crippen LogP contribution is -2.35. The van der Waals surface area contributed by atoms with E-state index in [9.17, 15) is 9.59 Å². The average molecular weight is 365 g/mol. The number of hydrogen-bond acceptors (Lipinski definition) is 6. The van der Waals surface area contributed by atoms with Crippen molar-refractivity contribution in [2.45, 2.75) is 26.9 Å². The number of carbonyl (C=O) groups excluding carboxylic acids is 2. The fraction of sp³-hybridized carbons (Fsp3) is 0.353. The van der Waals surface area contributed by atoms with Gasteiger partial charge in [-0.2, -0.15) is 0 Å². The van der Waals surface area contributed by atoms with Crippen LogP contribution >= 0.6 is 24.0 Å². The maximum absolute atomic E-state index is 12.4. The maximum Gasteiger partial charge on any atom is 0.326 e. The van der Waals surface area contributed by atoms with E-state index in [1.165, 1.54) is 16.7 Å². The summed E-state index contributed by atoms with van der Waals surface area (Å²) in [6, 6.07) is 7.42. The van der Waals surface area contributed by atoms with Gasteiger partial charge >= 0.3 is 5.97 Å². The van der Waals surface area contributed by atoms with Gasteiger partial charge in [-0.15, -0.1) is 0 Å². The Hall–Kier alpha value is -1.86. The van der Waals surface area contributed by atoms with Crippen LogP contribution in [-0.2, 0) is 14.3 Å². The number of thiocarbonyl (C=S) groups is 1. The van der Waals surface area contributed by atoms with E-state index in [1.807, 2.05) is 31.2 Å². The number of thioether (sulfide) groups is 1. The number of amides is 1. The quantitative estimate of drug-likeness (QED) is 0.438. The van der Waals surface area contributed by atoms with E-state index in [-0.39, 0.29) is 18.6 Å². The number of hydrogen-bond donors (Lipinski definition) is 0. The van der Waals surface area contributed by atoms with Crippen molar-refractivity contribution in [2.75, 3.05) is 13.2 Å². The maximum atomic E-state index is 12.4. The van der Waals surface area contributed by atoms with Gasteiger partial charge in [0.1, 0.15) is 16.6 Å². The van der Waals surface area contributed by atoms with E-state index >= 15 is 0 Å². The van der Waals surface area contributed by atoms with Gasteiger partial charge in [-0.1, -0.05) is 36.1 Å². The lowest BCUT2D eigenvalue weighted by atomic mass is 10.2.